The minimum atomic E-state index is -0.947. The highest BCUT2D eigenvalue weighted by molar-refractivity contribution is 6.36. The number of amides is 2. The minimum Gasteiger partial charge on any atom is -0.351 e. The Morgan fingerprint density at radius 2 is 1.90 bits per heavy atom. The van der Waals surface area contributed by atoms with Crippen molar-refractivity contribution in [1.82, 2.24) is 15.3 Å². The summed E-state index contributed by atoms with van der Waals surface area (Å²) >= 11 is 12.0. The molecule has 4 N–H and O–H groups in total. The molecule has 0 spiro atoms. The van der Waals surface area contributed by atoms with E-state index in [-0.39, 0.29) is 30.3 Å². The Kier molecular flexibility index (Phi) is 5.92. The van der Waals surface area contributed by atoms with E-state index in [4.69, 9.17) is 23.2 Å². The number of halogens is 2. The van der Waals surface area contributed by atoms with Crippen LogP contribution in [0.25, 0.3) is 0 Å². The fourth-order valence-corrected chi connectivity index (χ4v) is 3.74. The Labute approximate surface area is 187 Å². The predicted molar refractivity (Wildman–Crippen MR) is 119 cm³/mol. The number of anilines is 3. The van der Waals surface area contributed by atoms with Crippen molar-refractivity contribution >= 4 is 52.5 Å². The topological polar surface area (TPSA) is 116 Å². The molecule has 0 fully saturated rings. The lowest BCUT2D eigenvalue weighted by Gasteiger charge is -2.23. The third-order valence-corrected chi connectivity index (χ3v) is 5.31. The Bertz CT molecular complexity index is 1210. The minimum absolute atomic E-state index is 0.0347. The zero-order valence-corrected chi connectivity index (χ0v) is 17.6. The maximum Gasteiger partial charge on any atom is 0.258 e. The summed E-state index contributed by atoms with van der Waals surface area (Å²) in [7, 11) is 0. The van der Waals surface area contributed by atoms with Crippen molar-refractivity contribution in [2.24, 2.45) is 0 Å². The van der Waals surface area contributed by atoms with Crippen molar-refractivity contribution in [3.63, 3.8) is 0 Å². The van der Waals surface area contributed by atoms with Crippen LogP contribution in [0.1, 0.15) is 23.5 Å². The van der Waals surface area contributed by atoms with Crippen LogP contribution in [-0.4, -0.2) is 21.8 Å². The molecular weight excluding hydrogens is 441 g/mol. The highest BCUT2D eigenvalue weighted by Crippen LogP contribution is 2.31. The van der Waals surface area contributed by atoms with Crippen molar-refractivity contribution in [2.75, 3.05) is 10.6 Å². The van der Waals surface area contributed by atoms with Crippen LogP contribution in [0.3, 0.4) is 0 Å². The zero-order chi connectivity index (χ0) is 22.0. The van der Waals surface area contributed by atoms with Gasteiger partial charge in [-0.3, -0.25) is 19.4 Å². The molecule has 8 nitrogen and oxygen atoms in total. The van der Waals surface area contributed by atoms with Gasteiger partial charge in [-0.15, -0.1) is 0 Å². The number of nitrogens with one attached hydrogen (secondary N) is 4. The number of carbonyl (C=O) groups excluding carboxylic acids is 2. The van der Waals surface area contributed by atoms with Gasteiger partial charge < -0.3 is 16.0 Å². The van der Waals surface area contributed by atoms with Crippen molar-refractivity contribution < 1.29 is 9.59 Å². The molecule has 2 amide bonds. The number of aromatic amines is 1. The number of H-pyrrole nitrogens is 1. The first-order chi connectivity index (χ1) is 14.9. The molecule has 2 heterocycles. The standard InChI is InChI=1S/C21H17Cl2N5O3/c22-12-6-7-15(14(23)8-12)25-21-27-18-17(20(31)28-21)13(9-16(29)26-18)19(30)24-10-11-4-2-1-3-5-11/h1-8,13H,9-10H2,(H,24,30)(H3,25,26,27,28,29,31)/t13-/m0/s1. The number of fused-ring (bicyclic) bond motifs is 1. The van der Waals surface area contributed by atoms with Crippen molar-refractivity contribution in [3.8, 4) is 0 Å². The van der Waals surface area contributed by atoms with Crippen LogP contribution in [0.5, 0.6) is 0 Å². The zero-order valence-electron chi connectivity index (χ0n) is 16.0. The summed E-state index contributed by atoms with van der Waals surface area (Å²) in [6, 6.07) is 14.1. The summed E-state index contributed by atoms with van der Waals surface area (Å²) < 4.78 is 0. The molecule has 0 radical (unpaired) electrons. The summed E-state index contributed by atoms with van der Waals surface area (Å²) in [5, 5.41) is 9.02. The first-order valence-corrected chi connectivity index (χ1v) is 10.1. The summed E-state index contributed by atoms with van der Waals surface area (Å²) in [4.78, 5) is 44.6. The molecule has 1 aromatic heterocycles. The number of carbonyl (C=O) groups is 2. The second-order valence-corrected chi connectivity index (χ2v) is 7.78. The first kappa shape index (κ1) is 20.9. The van der Waals surface area contributed by atoms with Gasteiger partial charge in [0.25, 0.3) is 5.56 Å². The van der Waals surface area contributed by atoms with Gasteiger partial charge in [-0.2, -0.15) is 4.98 Å². The summed E-state index contributed by atoms with van der Waals surface area (Å²) in [6.45, 7) is 0.285. The van der Waals surface area contributed by atoms with Gasteiger partial charge in [0.05, 0.1) is 22.2 Å². The van der Waals surface area contributed by atoms with Gasteiger partial charge in [0, 0.05) is 18.0 Å². The summed E-state index contributed by atoms with van der Waals surface area (Å²) in [5.41, 5.74) is 0.951. The molecule has 0 aliphatic carbocycles. The van der Waals surface area contributed by atoms with Gasteiger partial charge in [-0.25, -0.2) is 0 Å². The van der Waals surface area contributed by atoms with E-state index in [2.05, 4.69) is 25.9 Å². The fourth-order valence-electron chi connectivity index (χ4n) is 3.28. The Hall–Kier alpha value is -3.36. The van der Waals surface area contributed by atoms with E-state index in [0.717, 1.165) is 5.56 Å². The maximum absolute atomic E-state index is 12.8. The maximum atomic E-state index is 12.8. The van der Waals surface area contributed by atoms with Crippen molar-refractivity contribution in [3.05, 3.63) is 80.1 Å². The van der Waals surface area contributed by atoms with Crippen molar-refractivity contribution in [2.45, 2.75) is 18.9 Å². The van der Waals surface area contributed by atoms with E-state index < -0.39 is 23.3 Å². The average Bonchev–Trinajstić information content (AvgIpc) is 2.74. The second-order valence-electron chi connectivity index (χ2n) is 6.93. The highest BCUT2D eigenvalue weighted by Gasteiger charge is 2.34. The second kappa shape index (κ2) is 8.79. The predicted octanol–water partition coefficient (Wildman–Crippen LogP) is 3.56. The number of nitrogens with zero attached hydrogens (tertiary/aromatic N) is 1. The van der Waals surface area contributed by atoms with E-state index in [9.17, 15) is 14.4 Å². The van der Waals surface area contributed by atoms with Gasteiger partial charge in [0.1, 0.15) is 5.82 Å². The van der Waals surface area contributed by atoms with Crippen LogP contribution in [0.2, 0.25) is 10.0 Å². The van der Waals surface area contributed by atoms with E-state index >= 15 is 0 Å². The highest BCUT2D eigenvalue weighted by atomic mass is 35.5. The van der Waals surface area contributed by atoms with E-state index in [0.29, 0.717) is 15.7 Å². The Morgan fingerprint density at radius 3 is 2.65 bits per heavy atom. The third-order valence-electron chi connectivity index (χ3n) is 4.76. The van der Waals surface area contributed by atoms with Crippen LogP contribution in [-0.2, 0) is 16.1 Å². The summed E-state index contributed by atoms with van der Waals surface area (Å²) in [5.74, 6) is -1.67. The molecule has 0 bridgehead atoms. The van der Waals surface area contributed by atoms with Crippen LogP contribution >= 0.6 is 23.2 Å². The largest absolute Gasteiger partial charge is 0.351 e. The van der Waals surface area contributed by atoms with Gasteiger partial charge >= 0.3 is 0 Å². The molecule has 0 saturated heterocycles. The quantitative estimate of drug-likeness (QED) is 0.467. The first-order valence-electron chi connectivity index (χ1n) is 9.38. The monoisotopic (exact) mass is 457 g/mol. The lowest BCUT2D eigenvalue weighted by atomic mass is 9.92. The molecule has 158 valence electrons. The normalized spacial score (nSPS) is 15.0. The molecule has 3 aromatic rings. The van der Waals surface area contributed by atoms with Crippen LogP contribution in [0.15, 0.2) is 53.3 Å². The molecule has 0 saturated carbocycles. The summed E-state index contributed by atoms with van der Waals surface area (Å²) in [6.07, 6.45) is -0.145. The molecule has 2 aromatic carbocycles. The number of benzene rings is 2. The molecule has 4 rings (SSSR count). The van der Waals surface area contributed by atoms with E-state index in [1.165, 1.54) is 6.07 Å². The average molecular weight is 458 g/mol. The number of aromatic nitrogens is 2. The molecule has 0 unspecified atom stereocenters. The molecule has 1 atom stereocenters. The van der Waals surface area contributed by atoms with E-state index in [1.54, 1.807) is 12.1 Å². The third kappa shape index (κ3) is 4.70. The molecule has 1 aliphatic heterocycles. The molecule has 31 heavy (non-hydrogen) atoms. The SMILES string of the molecule is O=C1C[C@H](C(=O)NCc2ccccc2)c2c(nc(Nc3ccc(Cl)cc3Cl)[nH]c2=O)N1. The number of rotatable bonds is 5. The van der Waals surface area contributed by atoms with E-state index in [1.807, 2.05) is 30.3 Å². The van der Waals surface area contributed by atoms with Crippen LogP contribution < -0.4 is 21.5 Å². The van der Waals surface area contributed by atoms with Gasteiger partial charge in [0.15, 0.2) is 0 Å². The lowest BCUT2D eigenvalue weighted by Crippen LogP contribution is -2.39. The fraction of sp³-hybridized carbons (Fsp3) is 0.143. The molecular formula is C21H17Cl2N5O3. The van der Waals surface area contributed by atoms with Crippen LogP contribution in [0.4, 0.5) is 17.5 Å². The van der Waals surface area contributed by atoms with Crippen LogP contribution in [0, 0.1) is 0 Å². The van der Waals surface area contributed by atoms with Crippen molar-refractivity contribution in [1.29, 1.82) is 0 Å². The smallest absolute Gasteiger partial charge is 0.258 e. The molecule has 10 heteroatoms. The molecule has 1 aliphatic rings. The number of hydrogen-bond acceptors (Lipinski definition) is 5. The Morgan fingerprint density at radius 1 is 1.13 bits per heavy atom. The Balaban J connectivity index is 1.59. The van der Waals surface area contributed by atoms with Gasteiger partial charge in [-0.1, -0.05) is 53.5 Å². The number of hydrogen-bond donors (Lipinski definition) is 4. The van der Waals surface area contributed by atoms with Gasteiger partial charge in [-0.05, 0) is 23.8 Å². The van der Waals surface area contributed by atoms with Gasteiger partial charge in [0.2, 0.25) is 17.8 Å². The lowest BCUT2D eigenvalue weighted by molar-refractivity contribution is -0.126.